The number of carbonyl (C=O) groups excluding carboxylic acids is 1. The normalized spacial score (nSPS) is 11.9. The number of anilines is 1. The third kappa shape index (κ3) is 2.96. The van der Waals surface area contributed by atoms with E-state index in [2.05, 4.69) is 5.32 Å². The Balaban J connectivity index is 2.40. The highest BCUT2D eigenvalue weighted by Gasteiger charge is 2.20. The molecule has 2 aromatic rings. The number of nitrogens with one attached hydrogen (secondary N) is 1. The molecule has 0 heterocycles. The van der Waals surface area contributed by atoms with Gasteiger partial charge in [0.25, 0.3) is 0 Å². The number of halogens is 1. The summed E-state index contributed by atoms with van der Waals surface area (Å²) in [5, 5.41) is 2.88. The van der Waals surface area contributed by atoms with Crippen molar-refractivity contribution < 1.29 is 9.18 Å². The van der Waals surface area contributed by atoms with Crippen LogP contribution in [-0.4, -0.2) is 5.91 Å². The van der Waals surface area contributed by atoms with Gasteiger partial charge >= 0.3 is 0 Å². The Morgan fingerprint density at radius 3 is 2.55 bits per heavy atom. The Bertz CT molecular complexity index is 640. The van der Waals surface area contributed by atoms with Crippen molar-refractivity contribution in [2.45, 2.75) is 19.9 Å². The Hall–Kier alpha value is -2.36. The van der Waals surface area contributed by atoms with E-state index in [9.17, 15) is 9.18 Å². The predicted octanol–water partition coefficient (Wildman–Crippen LogP) is 3.08. The number of para-hydroxylation sites is 1. The lowest BCUT2D eigenvalue weighted by Crippen LogP contribution is -2.28. The van der Waals surface area contributed by atoms with Gasteiger partial charge < -0.3 is 11.1 Å². The second kappa shape index (κ2) is 5.74. The molecule has 1 unspecified atom stereocenters. The molecular formula is C16H17FN2O. The van der Waals surface area contributed by atoms with Gasteiger partial charge in [0.1, 0.15) is 11.9 Å². The summed E-state index contributed by atoms with van der Waals surface area (Å²) in [5.41, 5.74) is 8.44. The summed E-state index contributed by atoms with van der Waals surface area (Å²) < 4.78 is 13.7. The first-order valence-corrected chi connectivity index (χ1v) is 6.36. The van der Waals surface area contributed by atoms with Gasteiger partial charge in [0.15, 0.2) is 0 Å². The third-order valence-electron chi connectivity index (χ3n) is 3.20. The van der Waals surface area contributed by atoms with Gasteiger partial charge in [-0.3, -0.25) is 4.79 Å². The van der Waals surface area contributed by atoms with Crippen LogP contribution in [0, 0.1) is 19.7 Å². The van der Waals surface area contributed by atoms with Crippen LogP contribution in [-0.2, 0) is 4.79 Å². The van der Waals surface area contributed by atoms with E-state index in [1.54, 1.807) is 18.2 Å². The molecule has 3 N–H and O–H groups in total. The van der Waals surface area contributed by atoms with Gasteiger partial charge in [-0.1, -0.05) is 35.9 Å². The highest BCUT2D eigenvalue weighted by Crippen LogP contribution is 2.24. The van der Waals surface area contributed by atoms with Crippen molar-refractivity contribution in [3.05, 3.63) is 65.0 Å². The van der Waals surface area contributed by atoms with Crippen molar-refractivity contribution in [1.82, 2.24) is 0 Å². The van der Waals surface area contributed by atoms with Crippen molar-refractivity contribution in [3.63, 3.8) is 0 Å². The number of aryl methyl sites for hydroxylation is 2. The fourth-order valence-electron chi connectivity index (χ4n) is 2.11. The number of benzene rings is 2. The molecule has 0 aliphatic carbocycles. The zero-order valence-electron chi connectivity index (χ0n) is 11.5. The van der Waals surface area contributed by atoms with Crippen LogP contribution in [0.3, 0.4) is 0 Å². The van der Waals surface area contributed by atoms with Gasteiger partial charge in [0.2, 0.25) is 5.91 Å². The quantitative estimate of drug-likeness (QED) is 0.898. The summed E-state index contributed by atoms with van der Waals surface area (Å²) in [6.07, 6.45) is 0. The van der Waals surface area contributed by atoms with E-state index >= 15 is 0 Å². The van der Waals surface area contributed by atoms with Crippen LogP contribution in [0.1, 0.15) is 22.7 Å². The highest BCUT2D eigenvalue weighted by molar-refractivity contribution is 5.85. The summed E-state index contributed by atoms with van der Waals surface area (Å²) in [6.45, 7) is 3.83. The third-order valence-corrected chi connectivity index (χ3v) is 3.20. The van der Waals surface area contributed by atoms with Crippen LogP contribution in [0.4, 0.5) is 10.1 Å². The number of hydrogen-bond acceptors (Lipinski definition) is 2. The minimum absolute atomic E-state index is 0.261. The zero-order chi connectivity index (χ0) is 14.7. The van der Waals surface area contributed by atoms with Crippen molar-refractivity contribution in [2.24, 2.45) is 5.73 Å². The average molecular weight is 272 g/mol. The molecule has 0 radical (unpaired) electrons. The van der Waals surface area contributed by atoms with Gasteiger partial charge in [0, 0.05) is 0 Å². The molecule has 0 aliphatic rings. The Morgan fingerprint density at radius 1 is 1.20 bits per heavy atom. The molecule has 104 valence electrons. The molecule has 1 amide bonds. The summed E-state index contributed by atoms with van der Waals surface area (Å²) >= 11 is 0. The second-order valence-corrected chi connectivity index (χ2v) is 4.82. The predicted molar refractivity (Wildman–Crippen MR) is 77.9 cm³/mol. The average Bonchev–Trinajstić information content (AvgIpc) is 2.40. The molecule has 2 aromatic carbocycles. The molecule has 20 heavy (non-hydrogen) atoms. The molecule has 1 atom stereocenters. The number of amides is 1. The Labute approximate surface area is 117 Å². The van der Waals surface area contributed by atoms with Crippen LogP contribution in [0.5, 0.6) is 0 Å². The van der Waals surface area contributed by atoms with E-state index < -0.39 is 17.8 Å². The van der Waals surface area contributed by atoms with Crippen LogP contribution < -0.4 is 11.1 Å². The molecule has 0 aromatic heterocycles. The molecule has 0 spiro atoms. The molecule has 4 heteroatoms. The van der Waals surface area contributed by atoms with Crippen molar-refractivity contribution in [3.8, 4) is 0 Å². The largest absolute Gasteiger partial charge is 0.368 e. The molecule has 0 saturated carbocycles. The van der Waals surface area contributed by atoms with Gasteiger partial charge in [-0.05, 0) is 37.1 Å². The summed E-state index contributed by atoms with van der Waals surface area (Å²) in [5.74, 6) is -0.953. The van der Waals surface area contributed by atoms with Crippen molar-refractivity contribution >= 4 is 11.6 Å². The van der Waals surface area contributed by atoms with E-state index in [0.29, 0.717) is 0 Å². The molecule has 2 rings (SSSR count). The number of nitrogens with two attached hydrogens (primary N) is 1. The number of primary amides is 1. The zero-order valence-corrected chi connectivity index (χ0v) is 11.5. The van der Waals surface area contributed by atoms with Crippen LogP contribution in [0.2, 0.25) is 0 Å². The molecular weight excluding hydrogens is 255 g/mol. The summed E-state index contributed by atoms with van der Waals surface area (Å²) in [4.78, 5) is 11.7. The van der Waals surface area contributed by atoms with Crippen molar-refractivity contribution in [1.29, 1.82) is 0 Å². The summed E-state index contributed by atoms with van der Waals surface area (Å²) in [6, 6.07) is 11.2. The molecule has 0 aliphatic heterocycles. The first-order chi connectivity index (χ1) is 9.49. The number of carbonyl (C=O) groups is 1. The summed E-state index contributed by atoms with van der Waals surface area (Å²) in [7, 11) is 0. The van der Waals surface area contributed by atoms with E-state index in [4.69, 9.17) is 5.73 Å². The maximum absolute atomic E-state index is 13.7. The Kier molecular flexibility index (Phi) is 4.03. The standard InChI is InChI=1S/C16H17FN2O/c1-10-7-8-11(2)12(9-10)15(16(18)20)19-14-6-4-3-5-13(14)17/h3-9,15,19H,1-2H3,(H2,18,20). The lowest BCUT2D eigenvalue weighted by atomic mass is 9.98. The minimum Gasteiger partial charge on any atom is -0.368 e. The van der Waals surface area contributed by atoms with Crippen LogP contribution in [0.25, 0.3) is 0 Å². The lowest BCUT2D eigenvalue weighted by Gasteiger charge is -2.20. The minimum atomic E-state index is -0.758. The van der Waals surface area contributed by atoms with Gasteiger partial charge in [-0.2, -0.15) is 0 Å². The van der Waals surface area contributed by atoms with Crippen LogP contribution in [0.15, 0.2) is 42.5 Å². The van der Waals surface area contributed by atoms with Gasteiger partial charge in [-0.15, -0.1) is 0 Å². The SMILES string of the molecule is Cc1ccc(C)c(C(Nc2ccccc2F)C(N)=O)c1. The van der Waals surface area contributed by atoms with E-state index in [0.717, 1.165) is 16.7 Å². The van der Waals surface area contributed by atoms with Gasteiger partial charge in [-0.25, -0.2) is 4.39 Å². The molecule has 0 saturated heterocycles. The number of hydrogen-bond donors (Lipinski definition) is 2. The highest BCUT2D eigenvalue weighted by atomic mass is 19.1. The van der Waals surface area contributed by atoms with Crippen LogP contribution >= 0.6 is 0 Å². The number of rotatable bonds is 4. The molecule has 0 bridgehead atoms. The maximum Gasteiger partial charge on any atom is 0.244 e. The van der Waals surface area contributed by atoms with E-state index in [1.807, 2.05) is 32.0 Å². The maximum atomic E-state index is 13.7. The van der Waals surface area contributed by atoms with Gasteiger partial charge in [0.05, 0.1) is 5.69 Å². The van der Waals surface area contributed by atoms with Crippen molar-refractivity contribution in [2.75, 3.05) is 5.32 Å². The monoisotopic (exact) mass is 272 g/mol. The van der Waals surface area contributed by atoms with E-state index in [1.165, 1.54) is 6.07 Å². The molecule has 0 fully saturated rings. The lowest BCUT2D eigenvalue weighted by molar-refractivity contribution is -0.118. The second-order valence-electron chi connectivity index (χ2n) is 4.82. The Morgan fingerprint density at radius 2 is 1.90 bits per heavy atom. The smallest absolute Gasteiger partial charge is 0.244 e. The first-order valence-electron chi connectivity index (χ1n) is 6.36. The van der Waals surface area contributed by atoms with E-state index in [-0.39, 0.29) is 5.69 Å². The topological polar surface area (TPSA) is 55.1 Å². The first kappa shape index (κ1) is 14.1. The fourth-order valence-corrected chi connectivity index (χ4v) is 2.11. The fraction of sp³-hybridized carbons (Fsp3) is 0.188. The molecule has 3 nitrogen and oxygen atoms in total.